The summed E-state index contributed by atoms with van der Waals surface area (Å²) >= 11 is 0. The largest absolute Gasteiger partial charge is 0.362 e. The molecule has 1 aliphatic heterocycles. The zero-order valence-electron chi connectivity index (χ0n) is 21.7. The number of halogens is 1. The van der Waals surface area contributed by atoms with Crippen LogP contribution in [-0.4, -0.2) is 35.2 Å². The number of hydrogen-bond acceptors (Lipinski definition) is 5. The number of benzene rings is 2. The fourth-order valence-corrected chi connectivity index (χ4v) is 4.37. The molecule has 0 spiro atoms. The van der Waals surface area contributed by atoms with Gasteiger partial charge in [0.05, 0.1) is 16.7 Å². The highest BCUT2D eigenvalue weighted by Crippen LogP contribution is 2.34. The maximum absolute atomic E-state index is 13.7. The molecule has 1 aromatic heterocycles. The second kappa shape index (κ2) is 12.2. The topological polar surface area (TPSA) is 129 Å². The number of hydroxylamine groups is 1. The van der Waals surface area contributed by atoms with Gasteiger partial charge in [0.25, 0.3) is 17.7 Å². The fourth-order valence-electron chi connectivity index (χ4n) is 4.37. The highest BCUT2D eigenvalue weighted by molar-refractivity contribution is 6.34. The van der Waals surface area contributed by atoms with E-state index in [1.165, 1.54) is 18.2 Å². The number of aromatic amines is 1. The summed E-state index contributed by atoms with van der Waals surface area (Å²) in [6.45, 7) is 3.97. The second-order valence-electron chi connectivity index (χ2n) is 9.21. The summed E-state index contributed by atoms with van der Waals surface area (Å²) in [6, 6.07) is 12.5. The molecule has 0 fully saturated rings. The van der Waals surface area contributed by atoms with Crippen molar-refractivity contribution >= 4 is 41.0 Å². The Labute approximate surface area is 224 Å². The lowest BCUT2D eigenvalue weighted by Gasteiger charge is -2.07. The highest BCUT2D eigenvalue weighted by atomic mass is 19.1. The number of amides is 3. The summed E-state index contributed by atoms with van der Waals surface area (Å²) in [6.07, 6.45) is 3.72. The molecule has 39 heavy (non-hydrogen) atoms. The van der Waals surface area contributed by atoms with Gasteiger partial charge in [0.1, 0.15) is 5.82 Å². The Balaban J connectivity index is 1.23. The van der Waals surface area contributed by atoms with Gasteiger partial charge in [-0.1, -0.05) is 24.6 Å². The third kappa shape index (κ3) is 6.59. The first-order chi connectivity index (χ1) is 18.7. The van der Waals surface area contributed by atoms with E-state index in [0.29, 0.717) is 70.7 Å². The van der Waals surface area contributed by atoms with Gasteiger partial charge in [-0.15, -0.1) is 0 Å². The van der Waals surface area contributed by atoms with Crippen molar-refractivity contribution in [1.29, 1.82) is 0 Å². The number of anilines is 1. The average molecular weight is 533 g/mol. The Morgan fingerprint density at radius 2 is 1.79 bits per heavy atom. The number of nitrogens with one attached hydrogen (secondary N) is 4. The van der Waals surface area contributed by atoms with Gasteiger partial charge < -0.3 is 20.5 Å². The van der Waals surface area contributed by atoms with Crippen molar-refractivity contribution in [2.45, 2.75) is 39.5 Å². The van der Waals surface area contributed by atoms with Crippen molar-refractivity contribution in [3.63, 3.8) is 0 Å². The molecule has 202 valence electrons. The minimum atomic E-state index is -0.633. The van der Waals surface area contributed by atoms with Crippen molar-refractivity contribution in [2.75, 3.05) is 11.9 Å². The monoisotopic (exact) mass is 532 g/mol. The Morgan fingerprint density at radius 3 is 2.56 bits per heavy atom. The van der Waals surface area contributed by atoms with Gasteiger partial charge in [-0.3, -0.25) is 14.4 Å². The predicted octanol–water partition coefficient (Wildman–Crippen LogP) is 4.44. The summed E-state index contributed by atoms with van der Waals surface area (Å²) < 4.78 is 13.7. The van der Waals surface area contributed by atoms with Crippen LogP contribution in [0, 0.1) is 19.7 Å². The van der Waals surface area contributed by atoms with Crippen molar-refractivity contribution in [3.05, 3.63) is 88.0 Å². The molecule has 4 rings (SSSR count). The standard InChI is InChI=1S/C29H29FN4O5/c1-17-24(16-22-21-15-20(30)12-13-23(21)33-27(22)36)32-18(2)26(17)28(37)31-14-8-4-7-11-25(35)34-39-29(38)19-9-5-3-6-10-19/h3,5-6,9-10,12-13,15-16,32H,4,7-8,11,14H2,1-2H3,(H,31,37)(H,33,36)(H,34,35). The Bertz CT molecular complexity index is 1450. The van der Waals surface area contributed by atoms with Crippen molar-refractivity contribution in [2.24, 2.45) is 0 Å². The molecule has 3 aromatic rings. The lowest BCUT2D eigenvalue weighted by molar-refractivity contribution is -0.130. The van der Waals surface area contributed by atoms with E-state index in [1.807, 2.05) is 0 Å². The first-order valence-electron chi connectivity index (χ1n) is 12.6. The molecule has 9 nitrogen and oxygen atoms in total. The van der Waals surface area contributed by atoms with E-state index in [9.17, 15) is 23.6 Å². The van der Waals surface area contributed by atoms with Crippen LogP contribution in [0.15, 0.2) is 48.5 Å². The van der Waals surface area contributed by atoms with Crippen LogP contribution in [0.3, 0.4) is 0 Å². The molecular weight excluding hydrogens is 503 g/mol. The van der Waals surface area contributed by atoms with Gasteiger partial charge in [0, 0.05) is 35.6 Å². The third-order valence-electron chi connectivity index (χ3n) is 6.39. The van der Waals surface area contributed by atoms with Crippen LogP contribution in [-0.2, 0) is 14.4 Å². The van der Waals surface area contributed by atoms with Gasteiger partial charge in [-0.2, -0.15) is 5.48 Å². The lowest BCUT2D eigenvalue weighted by Crippen LogP contribution is -2.27. The molecule has 0 unspecified atom stereocenters. The Morgan fingerprint density at radius 1 is 1.03 bits per heavy atom. The van der Waals surface area contributed by atoms with E-state index < -0.39 is 17.7 Å². The van der Waals surface area contributed by atoms with Crippen LogP contribution in [0.5, 0.6) is 0 Å². The van der Waals surface area contributed by atoms with E-state index >= 15 is 0 Å². The molecule has 0 saturated heterocycles. The van der Waals surface area contributed by atoms with Crippen molar-refractivity contribution in [1.82, 2.24) is 15.8 Å². The van der Waals surface area contributed by atoms with E-state index in [2.05, 4.69) is 21.1 Å². The summed E-state index contributed by atoms with van der Waals surface area (Å²) in [4.78, 5) is 57.0. The molecule has 2 heterocycles. The van der Waals surface area contributed by atoms with E-state index in [-0.39, 0.29) is 18.2 Å². The quantitative estimate of drug-likeness (QED) is 0.184. The van der Waals surface area contributed by atoms with Gasteiger partial charge in [0.15, 0.2) is 0 Å². The Kier molecular flexibility index (Phi) is 8.55. The number of carbonyl (C=O) groups is 4. The van der Waals surface area contributed by atoms with Crippen molar-refractivity contribution < 1.29 is 28.4 Å². The lowest BCUT2D eigenvalue weighted by atomic mass is 10.0. The van der Waals surface area contributed by atoms with Gasteiger partial charge in [0.2, 0.25) is 0 Å². The molecule has 4 N–H and O–H groups in total. The molecule has 3 amide bonds. The van der Waals surface area contributed by atoms with Crippen LogP contribution in [0.1, 0.15) is 68.9 Å². The number of rotatable bonds is 9. The minimum Gasteiger partial charge on any atom is -0.358 e. The molecule has 1 aliphatic rings. The van der Waals surface area contributed by atoms with Crippen molar-refractivity contribution in [3.8, 4) is 0 Å². The number of H-pyrrole nitrogens is 1. The summed E-state index contributed by atoms with van der Waals surface area (Å²) in [5, 5.41) is 5.60. The molecule has 0 bridgehead atoms. The Hall–Kier alpha value is -4.73. The van der Waals surface area contributed by atoms with Crippen LogP contribution in [0.4, 0.5) is 10.1 Å². The van der Waals surface area contributed by atoms with E-state index in [4.69, 9.17) is 4.84 Å². The first-order valence-corrected chi connectivity index (χ1v) is 12.6. The maximum atomic E-state index is 13.7. The van der Waals surface area contributed by atoms with Crippen LogP contribution >= 0.6 is 0 Å². The number of aryl methyl sites for hydroxylation is 1. The zero-order chi connectivity index (χ0) is 27.9. The van der Waals surface area contributed by atoms with Crippen LogP contribution < -0.4 is 16.1 Å². The average Bonchev–Trinajstić information content (AvgIpc) is 3.38. The summed E-state index contributed by atoms with van der Waals surface area (Å²) in [5.41, 5.74) is 6.24. The second-order valence-corrected chi connectivity index (χ2v) is 9.21. The molecule has 0 atom stereocenters. The molecule has 10 heteroatoms. The van der Waals surface area contributed by atoms with Crippen LogP contribution in [0.2, 0.25) is 0 Å². The molecule has 0 radical (unpaired) electrons. The smallest absolute Gasteiger partial charge is 0.358 e. The number of hydrogen-bond donors (Lipinski definition) is 4. The zero-order valence-corrected chi connectivity index (χ0v) is 21.7. The highest BCUT2D eigenvalue weighted by Gasteiger charge is 2.26. The van der Waals surface area contributed by atoms with Crippen LogP contribution in [0.25, 0.3) is 11.6 Å². The maximum Gasteiger partial charge on any atom is 0.362 e. The SMILES string of the molecule is Cc1[nH]c(C=C2C(=O)Nc3ccc(F)cc32)c(C)c1C(=O)NCCCCCC(=O)NOC(=O)c1ccccc1. The molecular formula is C29H29FN4O5. The minimum absolute atomic E-state index is 0.185. The first kappa shape index (κ1) is 27.3. The fraction of sp³-hybridized carbons (Fsp3) is 0.241. The van der Waals surface area contributed by atoms with Gasteiger partial charge in [-0.25, -0.2) is 9.18 Å². The number of unbranched alkanes of at least 4 members (excludes halogenated alkanes) is 2. The predicted molar refractivity (Wildman–Crippen MR) is 144 cm³/mol. The number of carbonyl (C=O) groups excluding carboxylic acids is 4. The summed E-state index contributed by atoms with van der Waals surface area (Å²) in [5.74, 6) is -2.06. The molecule has 2 aromatic carbocycles. The van der Waals surface area contributed by atoms with E-state index in [0.717, 1.165) is 0 Å². The summed E-state index contributed by atoms with van der Waals surface area (Å²) in [7, 11) is 0. The van der Waals surface area contributed by atoms with E-state index in [1.54, 1.807) is 50.3 Å². The third-order valence-corrected chi connectivity index (χ3v) is 6.39. The normalized spacial score (nSPS) is 13.1. The molecule has 0 aliphatic carbocycles. The number of fused-ring (bicyclic) bond motifs is 1. The van der Waals surface area contributed by atoms with Gasteiger partial charge >= 0.3 is 5.97 Å². The number of aromatic nitrogens is 1. The van der Waals surface area contributed by atoms with Gasteiger partial charge in [-0.05, 0) is 68.7 Å². The molecule has 0 saturated carbocycles.